The van der Waals surface area contributed by atoms with Crippen molar-refractivity contribution < 1.29 is 33.6 Å². The molecule has 0 heterocycles. The SMILES string of the molecule is C1CC2CCC1C2.N=C=O.N=C=O.N=C=O.N=C=O.N=C=O.N=C=O.N=C=O. The molecule has 152 valence electrons. The van der Waals surface area contributed by atoms with Gasteiger partial charge in [0, 0.05) is 0 Å². The van der Waals surface area contributed by atoms with E-state index in [1.54, 1.807) is 32.1 Å². The van der Waals surface area contributed by atoms with Crippen LogP contribution in [0.3, 0.4) is 0 Å². The molecule has 14 heteroatoms. The Morgan fingerprint density at radius 1 is 0.393 bits per heavy atom. The predicted molar refractivity (Wildman–Crippen MR) is 89.0 cm³/mol. The highest BCUT2D eigenvalue weighted by Gasteiger charge is 2.30. The summed E-state index contributed by atoms with van der Waals surface area (Å²) in [4.78, 5) is 58.4. The number of hydrogen-bond donors (Lipinski definition) is 7. The van der Waals surface area contributed by atoms with E-state index in [0.29, 0.717) is 0 Å². The Morgan fingerprint density at radius 2 is 0.500 bits per heavy atom. The molecule has 2 bridgehead atoms. The van der Waals surface area contributed by atoms with Crippen LogP contribution in [0.25, 0.3) is 0 Å². The van der Waals surface area contributed by atoms with E-state index in [-0.39, 0.29) is 0 Å². The fourth-order valence-corrected chi connectivity index (χ4v) is 2.17. The average Bonchev–Trinajstić information content (AvgIpc) is 3.25. The van der Waals surface area contributed by atoms with Crippen molar-refractivity contribution in [2.45, 2.75) is 32.1 Å². The van der Waals surface area contributed by atoms with Gasteiger partial charge in [0.2, 0.25) is 42.6 Å². The molecule has 0 radical (unpaired) electrons. The van der Waals surface area contributed by atoms with Gasteiger partial charge >= 0.3 is 0 Å². The fourth-order valence-electron chi connectivity index (χ4n) is 2.17. The quantitative estimate of drug-likeness (QED) is 0.233. The van der Waals surface area contributed by atoms with Gasteiger partial charge in [0.25, 0.3) is 0 Å². The molecule has 0 saturated heterocycles. The van der Waals surface area contributed by atoms with Gasteiger partial charge in [0.05, 0.1) is 0 Å². The number of fused-ring (bicyclic) bond motifs is 2. The minimum Gasteiger partial charge on any atom is -0.222 e. The zero-order chi connectivity index (χ0) is 23.6. The highest BCUT2D eigenvalue weighted by atomic mass is 16.1. The maximum atomic E-state index is 8.35. The summed E-state index contributed by atoms with van der Waals surface area (Å²) in [5.74, 6) is 2.34. The van der Waals surface area contributed by atoms with Crippen LogP contribution in [-0.2, 0) is 33.6 Å². The van der Waals surface area contributed by atoms with Crippen molar-refractivity contribution in [3.8, 4) is 0 Å². The van der Waals surface area contributed by atoms with Crippen LogP contribution in [0.2, 0.25) is 0 Å². The lowest BCUT2D eigenvalue weighted by atomic mass is 10.0. The highest BCUT2D eigenvalue weighted by Crippen LogP contribution is 2.43. The lowest BCUT2D eigenvalue weighted by Gasteiger charge is -2.05. The Balaban J connectivity index is -0.0000000518. The largest absolute Gasteiger partial charge is 0.231 e. The number of rotatable bonds is 0. The Morgan fingerprint density at radius 3 is 0.536 bits per heavy atom. The lowest BCUT2D eigenvalue weighted by molar-refractivity contribution is 0.480. The fraction of sp³-hybridized carbons (Fsp3) is 0.500. The lowest BCUT2D eigenvalue weighted by Crippen LogP contribution is -1.90. The van der Waals surface area contributed by atoms with Gasteiger partial charge in [-0.1, -0.05) is 25.7 Å². The molecule has 14 nitrogen and oxygen atoms in total. The van der Waals surface area contributed by atoms with Crippen LogP contribution in [0.15, 0.2) is 0 Å². The summed E-state index contributed by atoms with van der Waals surface area (Å²) in [5, 5.41) is 37.8. The van der Waals surface area contributed by atoms with Crippen LogP contribution >= 0.6 is 0 Å². The monoisotopic (exact) mass is 397 g/mol. The van der Waals surface area contributed by atoms with Crippen molar-refractivity contribution in [1.29, 1.82) is 37.9 Å². The molecule has 0 aromatic rings. The van der Waals surface area contributed by atoms with Gasteiger partial charge in [0.1, 0.15) is 0 Å². The van der Waals surface area contributed by atoms with Crippen molar-refractivity contribution in [2.24, 2.45) is 11.8 Å². The second-order valence-electron chi connectivity index (χ2n) is 3.84. The third-order valence-corrected chi connectivity index (χ3v) is 2.63. The topological polar surface area (TPSA) is 286 Å². The first-order valence-electron chi connectivity index (χ1n) is 6.63. The average molecular weight is 397 g/mol. The van der Waals surface area contributed by atoms with Gasteiger partial charge in [-0.15, -0.1) is 0 Å². The van der Waals surface area contributed by atoms with Crippen LogP contribution in [0.5, 0.6) is 0 Å². The molecular weight excluding hydrogens is 378 g/mol. The number of nitrogens with one attached hydrogen (secondary N) is 7. The first-order chi connectivity index (χ1) is 13.3. The molecule has 2 aliphatic rings. The predicted octanol–water partition coefficient (Wildman–Crippen LogP) is 1.50. The Kier molecular flexibility index (Phi) is 79.3. The van der Waals surface area contributed by atoms with E-state index in [4.69, 9.17) is 71.4 Å². The normalized spacial score (nSPS) is 14.0. The first kappa shape index (κ1) is 39.0. The van der Waals surface area contributed by atoms with Gasteiger partial charge in [-0.25, -0.2) is 71.4 Å². The standard InChI is InChI=1S/C7H12.7CHNO/c1-2-7-4-3-6(1)5-7;7*2-1-3/h6-7H,1-5H2;7*2H. The highest BCUT2D eigenvalue weighted by molar-refractivity contribution is 5.27. The van der Waals surface area contributed by atoms with Gasteiger partial charge in [0.15, 0.2) is 0 Å². The minimum absolute atomic E-state index is 0.750. The third-order valence-electron chi connectivity index (χ3n) is 2.63. The van der Waals surface area contributed by atoms with Crippen LogP contribution in [0.1, 0.15) is 32.1 Å². The molecule has 0 aliphatic heterocycles. The van der Waals surface area contributed by atoms with E-state index in [0.717, 1.165) is 42.6 Å². The van der Waals surface area contributed by atoms with Crippen LogP contribution < -0.4 is 0 Å². The zero-order valence-electron chi connectivity index (χ0n) is 14.5. The molecule has 2 saturated carbocycles. The van der Waals surface area contributed by atoms with Crippen LogP contribution in [0.4, 0.5) is 0 Å². The molecule has 0 atom stereocenters. The molecule has 0 aromatic heterocycles. The van der Waals surface area contributed by atoms with E-state index in [1.807, 2.05) is 0 Å². The zero-order valence-corrected chi connectivity index (χ0v) is 14.5. The smallest absolute Gasteiger partial charge is 0.222 e. The molecule has 2 aliphatic carbocycles. The van der Waals surface area contributed by atoms with Crippen molar-refractivity contribution in [3.63, 3.8) is 0 Å². The van der Waals surface area contributed by atoms with Gasteiger partial charge in [-0.3, -0.25) is 0 Å². The number of isocyanates is 7. The second-order valence-corrected chi connectivity index (χ2v) is 3.84. The first-order valence-corrected chi connectivity index (χ1v) is 6.63. The van der Waals surface area contributed by atoms with Gasteiger partial charge in [-0.05, 0) is 18.3 Å². The van der Waals surface area contributed by atoms with Crippen LogP contribution in [-0.4, -0.2) is 42.6 Å². The van der Waals surface area contributed by atoms with E-state index in [9.17, 15) is 0 Å². The van der Waals surface area contributed by atoms with E-state index in [2.05, 4.69) is 0 Å². The Labute approximate surface area is 158 Å². The molecule has 0 unspecified atom stereocenters. The van der Waals surface area contributed by atoms with Crippen molar-refractivity contribution in [1.82, 2.24) is 0 Å². The molecule has 0 spiro atoms. The number of hydrogen-bond acceptors (Lipinski definition) is 14. The van der Waals surface area contributed by atoms with E-state index >= 15 is 0 Å². The summed E-state index contributed by atoms with van der Waals surface area (Å²) in [5.41, 5.74) is 0. The molecule has 7 N–H and O–H groups in total. The minimum atomic E-state index is 0.750. The van der Waals surface area contributed by atoms with Gasteiger partial charge in [-0.2, -0.15) is 0 Å². The van der Waals surface area contributed by atoms with Crippen molar-refractivity contribution >= 4 is 42.6 Å². The maximum Gasteiger partial charge on any atom is 0.231 e. The molecule has 2 fully saturated rings. The second kappa shape index (κ2) is 57.0. The molecule has 0 aromatic carbocycles. The summed E-state index contributed by atoms with van der Waals surface area (Å²) in [7, 11) is 0. The third kappa shape index (κ3) is 99.1. The maximum absolute atomic E-state index is 8.35. The molecule has 28 heavy (non-hydrogen) atoms. The molecular formula is C14H19N7O7. The summed E-state index contributed by atoms with van der Waals surface area (Å²) < 4.78 is 0. The summed E-state index contributed by atoms with van der Waals surface area (Å²) in [6, 6.07) is 0. The molecule has 2 rings (SSSR count). The Hall–Kier alpha value is -4.34. The summed E-state index contributed by atoms with van der Waals surface area (Å²) in [6.45, 7) is 0. The van der Waals surface area contributed by atoms with Crippen LogP contribution in [0, 0.1) is 49.7 Å². The summed E-state index contributed by atoms with van der Waals surface area (Å²) in [6.07, 6.45) is 13.1. The number of carbonyl (C=O) groups excluding carboxylic acids is 7. The van der Waals surface area contributed by atoms with Crippen molar-refractivity contribution in [3.05, 3.63) is 0 Å². The molecule has 0 amide bonds. The van der Waals surface area contributed by atoms with E-state index in [1.165, 1.54) is 11.8 Å². The van der Waals surface area contributed by atoms with Gasteiger partial charge < -0.3 is 0 Å². The van der Waals surface area contributed by atoms with E-state index < -0.39 is 0 Å². The Bertz CT molecular complexity index is 443. The summed E-state index contributed by atoms with van der Waals surface area (Å²) >= 11 is 0. The van der Waals surface area contributed by atoms with Crippen molar-refractivity contribution in [2.75, 3.05) is 0 Å².